The lowest BCUT2D eigenvalue weighted by Gasteiger charge is -2.20. The predicted octanol–water partition coefficient (Wildman–Crippen LogP) is 3.32. The molecule has 2 aromatic rings. The number of H-pyrrole nitrogens is 1. The summed E-state index contributed by atoms with van der Waals surface area (Å²) in [5, 5.41) is 2.43. The van der Waals surface area contributed by atoms with Crippen LogP contribution >= 0.6 is 0 Å². The fourth-order valence-electron chi connectivity index (χ4n) is 2.43. The molecule has 0 aliphatic carbocycles. The summed E-state index contributed by atoms with van der Waals surface area (Å²) in [7, 11) is 0. The molecule has 0 unspecified atom stereocenters. The highest BCUT2D eigenvalue weighted by atomic mass is 16.6. The molecule has 1 aromatic heterocycles. The Hall–Kier alpha value is -3.09. The van der Waals surface area contributed by atoms with Gasteiger partial charge in [-0.3, -0.25) is 14.9 Å². The lowest BCUT2D eigenvalue weighted by Crippen LogP contribution is -2.27. The van der Waals surface area contributed by atoms with Crippen molar-refractivity contribution in [3.63, 3.8) is 0 Å². The average Bonchev–Trinajstić information content (AvgIpc) is 2.55. The molecule has 0 fully saturated rings. The second-order valence-electron chi connectivity index (χ2n) is 7.13. The van der Waals surface area contributed by atoms with E-state index in [2.05, 4.69) is 10.3 Å². The van der Waals surface area contributed by atoms with Crippen LogP contribution in [-0.4, -0.2) is 22.6 Å². The van der Waals surface area contributed by atoms with Crippen LogP contribution in [0.15, 0.2) is 41.2 Å². The first-order valence-corrected chi connectivity index (χ1v) is 8.56. The van der Waals surface area contributed by atoms with E-state index in [0.29, 0.717) is 11.3 Å². The maximum absolute atomic E-state index is 12.3. The van der Waals surface area contributed by atoms with E-state index in [9.17, 15) is 14.4 Å². The fourth-order valence-corrected chi connectivity index (χ4v) is 2.43. The number of aromatic amines is 1. The number of hydrogen-bond acceptors (Lipinski definition) is 5. The third kappa shape index (κ3) is 6.62. The Kier molecular flexibility index (Phi) is 6.39. The number of hydrogen-bond donors (Lipinski definition) is 2. The minimum absolute atomic E-state index is 0.0236. The van der Waals surface area contributed by atoms with Gasteiger partial charge in [0.05, 0.1) is 6.42 Å². The van der Waals surface area contributed by atoms with Crippen LogP contribution in [0.3, 0.4) is 0 Å². The minimum Gasteiger partial charge on any atom is -0.460 e. The van der Waals surface area contributed by atoms with Crippen molar-refractivity contribution in [1.82, 2.24) is 4.98 Å². The van der Waals surface area contributed by atoms with Gasteiger partial charge in [-0.15, -0.1) is 0 Å². The molecule has 0 aliphatic heterocycles. The van der Waals surface area contributed by atoms with Gasteiger partial charge in [-0.25, -0.2) is 4.79 Å². The first-order valence-electron chi connectivity index (χ1n) is 8.56. The van der Waals surface area contributed by atoms with Crippen LogP contribution < -0.4 is 10.9 Å². The molecule has 0 spiro atoms. The van der Waals surface area contributed by atoms with E-state index in [1.807, 2.05) is 30.3 Å². The largest absolute Gasteiger partial charge is 0.460 e. The number of anilines is 1. The van der Waals surface area contributed by atoms with E-state index in [1.165, 1.54) is 0 Å². The van der Waals surface area contributed by atoms with E-state index in [-0.39, 0.29) is 18.7 Å². The molecular formula is C20H24N2O5. The Morgan fingerprint density at radius 1 is 1.15 bits per heavy atom. The summed E-state index contributed by atoms with van der Waals surface area (Å²) in [4.78, 5) is 39.1. The maximum Gasteiger partial charge on any atom is 0.412 e. The van der Waals surface area contributed by atoms with Gasteiger partial charge in [0, 0.05) is 5.69 Å². The zero-order valence-electron chi connectivity index (χ0n) is 15.9. The first-order chi connectivity index (χ1) is 12.6. The molecule has 1 aromatic carbocycles. The molecule has 0 atom stereocenters. The minimum atomic E-state index is -0.779. The number of aromatic nitrogens is 1. The monoisotopic (exact) mass is 372 g/mol. The molecule has 1 amide bonds. The first kappa shape index (κ1) is 20.2. The second-order valence-corrected chi connectivity index (χ2v) is 7.13. The van der Waals surface area contributed by atoms with Gasteiger partial charge in [0.15, 0.2) is 0 Å². The molecule has 0 bridgehead atoms. The quantitative estimate of drug-likeness (QED) is 0.785. The van der Waals surface area contributed by atoms with Gasteiger partial charge in [0.2, 0.25) is 0 Å². The van der Waals surface area contributed by atoms with E-state index in [4.69, 9.17) is 9.47 Å². The number of esters is 1. The standard InChI is InChI=1S/C20H24N2O5/c1-13-10-15(11-16(23)27-20(2,3)4)17(18(24)21-13)22-19(25)26-12-14-8-6-5-7-9-14/h5-10H,11-12H2,1-4H3,(H,21,24)(H,22,25). The lowest BCUT2D eigenvalue weighted by molar-refractivity contribution is -0.153. The molecular weight excluding hydrogens is 348 g/mol. The normalized spacial score (nSPS) is 11.0. The van der Waals surface area contributed by atoms with Crippen LogP contribution in [0.5, 0.6) is 0 Å². The molecule has 27 heavy (non-hydrogen) atoms. The molecule has 2 N–H and O–H groups in total. The fraction of sp³-hybridized carbons (Fsp3) is 0.350. The Balaban J connectivity index is 2.12. The van der Waals surface area contributed by atoms with Crippen molar-refractivity contribution in [2.45, 2.75) is 46.3 Å². The summed E-state index contributed by atoms with van der Waals surface area (Å²) in [6, 6.07) is 10.8. The van der Waals surface area contributed by atoms with Crippen molar-refractivity contribution in [2.75, 3.05) is 5.32 Å². The number of carbonyl (C=O) groups excluding carboxylic acids is 2. The number of rotatable bonds is 5. The summed E-state index contributed by atoms with van der Waals surface area (Å²) < 4.78 is 10.4. The molecule has 7 nitrogen and oxygen atoms in total. The lowest BCUT2D eigenvalue weighted by atomic mass is 10.1. The van der Waals surface area contributed by atoms with Crippen LogP contribution in [0.1, 0.15) is 37.6 Å². The average molecular weight is 372 g/mol. The van der Waals surface area contributed by atoms with Crippen LogP contribution in [0.4, 0.5) is 10.5 Å². The van der Waals surface area contributed by atoms with Crippen molar-refractivity contribution < 1.29 is 19.1 Å². The van der Waals surface area contributed by atoms with Crippen LogP contribution in [0.2, 0.25) is 0 Å². The topological polar surface area (TPSA) is 97.5 Å². The highest BCUT2D eigenvalue weighted by Gasteiger charge is 2.20. The summed E-state index contributed by atoms with van der Waals surface area (Å²) in [6.07, 6.45) is -0.922. The summed E-state index contributed by atoms with van der Waals surface area (Å²) >= 11 is 0. The Morgan fingerprint density at radius 2 is 1.81 bits per heavy atom. The van der Waals surface area contributed by atoms with Crippen molar-refractivity contribution >= 4 is 17.7 Å². The number of nitrogens with one attached hydrogen (secondary N) is 2. The third-order valence-electron chi connectivity index (χ3n) is 3.44. The van der Waals surface area contributed by atoms with Gasteiger partial charge in [-0.2, -0.15) is 0 Å². The number of benzene rings is 1. The third-order valence-corrected chi connectivity index (χ3v) is 3.44. The Morgan fingerprint density at radius 3 is 2.44 bits per heavy atom. The Labute approximate surface area is 157 Å². The number of carbonyl (C=O) groups is 2. The van der Waals surface area contributed by atoms with Crippen molar-refractivity contribution in [3.05, 3.63) is 63.6 Å². The van der Waals surface area contributed by atoms with Gasteiger partial charge in [0.1, 0.15) is 17.9 Å². The molecule has 0 radical (unpaired) electrons. The van der Waals surface area contributed by atoms with Crippen LogP contribution in [0, 0.1) is 6.92 Å². The number of aryl methyl sites for hydroxylation is 1. The van der Waals surface area contributed by atoms with Gasteiger partial charge in [-0.1, -0.05) is 30.3 Å². The van der Waals surface area contributed by atoms with Gasteiger partial charge >= 0.3 is 12.1 Å². The SMILES string of the molecule is Cc1cc(CC(=O)OC(C)(C)C)c(NC(=O)OCc2ccccc2)c(=O)[nH]1. The summed E-state index contributed by atoms with van der Waals surface area (Å²) in [5.74, 6) is -0.492. The molecule has 7 heteroatoms. The number of amides is 1. The van der Waals surface area contributed by atoms with Gasteiger partial charge in [-0.05, 0) is 44.9 Å². The van der Waals surface area contributed by atoms with Crippen molar-refractivity contribution in [3.8, 4) is 0 Å². The van der Waals surface area contributed by atoms with E-state index in [0.717, 1.165) is 5.56 Å². The summed E-state index contributed by atoms with van der Waals surface area (Å²) in [6.45, 7) is 7.03. The molecule has 2 rings (SSSR count). The predicted molar refractivity (Wildman–Crippen MR) is 102 cm³/mol. The van der Waals surface area contributed by atoms with E-state index < -0.39 is 23.2 Å². The zero-order chi connectivity index (χ0) is 20.0. The van der Waals surface area contributed by atoms with Crippen LogP contribution in [-0.2, 0) is 27.3 Å². The van der Waals surface area contributed by atoms with Crippen molar-refractivity contribution in [1.29, 1.82) is 0 Å². The molecule has 1 heterocycles. The van der Waals surface area contributed by atoms with Gasteiger partial charge in [0.25, 0.3) is 5.56 Å². The molecule has 0 aliphatic rings. The molecule has 144 valence electrons. The van der Waals surface area contributed by atoms with E-state index in [1.54, 1.807) is 33.8 Å². The Bertz CT molecular complexity index is 866. The van der Waals surface area contributed by atoms with Gasteiger partial charge < -0.3 is 14.5 Å². The number of ether oxygens (including phenoxy) is 2. The van der Waals surface area contributed by atoms with Crippen molar-refractivity contribution in [2.24, 2.45) is 0 Å². The summed E-state index contributed by atoms with van der Waals surface area (Å²) in [5.41, 5.74) is 0.577. The number of pyridine rings is 1. The molecule has 0 saturated heterocycles. The molecule has 0 saturated carbocycles. The maximum atomic E-state index is 12.3. The highest BCUT2D eigenvalue weighted by molar-refractivity contribution is 5.87. The smallest absolute Gasteiger partial charge is 0.412 e. The second kappa shape index (κ2) is 8.53. The van der Waals surface area contributed by atoms with E-state index >= 15 is 0 Å². The highest BCUT2D eigenvalue weighted by Crippen LogP contribution is 2.16. The van der Waals surface area contributed by atoms with Crippen LogP contribution in [0.25, 0.3) is 0 Å². The zero-order valence-corrected chi connectivity index (χ0v) is 15.9.